The summed E-state index contributed by atoms with van der Waals surface area (Å²) in [6.07, 6.45) is -1.18. The molecule has 5 rings (SSSR count). The molecule has 3 heterocycles. The Hall–Kier alpha value is -3.12. The lowest BCUT2D eigenvalue weighted by molar-refractivity contribution is -0.159. The lowest BCUT2D eigenvalue weighted by atomic mass is 9.87. The second-order valence-electron chi connectivity index (χ2n) is 7.96. The topological polar surface area (TPSA) is 75.0 Å². The third kappa shape index (κ3) is 2.75. The summed E-state index contributed by atoms with van der Waals surface area (Å²) in [5, 5.41) is 0.457. The van der Waals surface area contributed by atoms with Crippen LogP contribution in [0.15, 0.2) is 57.7 Å². The lowest BCUT2D eigenvalue weighted by Gasteiger charge is -2.27. The minimum absolute atomic E-state index is 0.140. The van der Waals surface area contributed by atoms with E-state index in [4.69, 9.17) is 18.6 Å². The Labute approximate surface area is 167 Å². The van der Waals surface area contributed by atoms with Crippen LogP contribution in [0.4, 0.5) is 0 Å². The Kier molecular flexibility index (Phi) is 3.83. The van der Waals surface area contributed by atoms with E-state index in [1.165, 1.54) is 13.0 Å². The van der Waals surface area contributed by atoms with Crippen LogP contribution in [0.1, 0.15) is 32.3 Å². The zero-order valence-corrected chi connectivity index (χ0v) is 16.3. The van der Waals surface area contributed by atoms with Crippen molar-refractivity contribution in [2.24, 2.45) is 0 Å². The van der Waals surface area contributed by atoms with Gasteiger partial charge in [-0.15, -0.1) is 0 Å². The van der Waals surface area contributed by atoms with Gasteiger partial charge in [0.05, 0.1) is 16.9 Å². The summed E-state index contributed by atoms with van der Waals surface area (Å²) in [7, 11) is 0. The molecule has 2 aromatic carbocycles. The molecule has 29 heavy (non-hydrogen) atoms. The van der Waals surface area contributed by atoms with Crippen LogP contribution in [-0.4, -0.2) is 24.0 Å². The molecule has 148 valence electrons. The van der Waals surface area contributed by atoms with Crippen LogP contribution in [0.25, 0.3) is 22.3 Å². The summed E-state index contributed by atoms with van der Waals surface area (Å²) < 4.78 is 23.9. The number of ether oxygens (including phenoxy) is 3. The minimum atomic E-state index is -0.738. The molecule has 6 nitrogen and oxygen atoms in total. The van der Waals surface area contributed by atoms with Gasteiger partial charge in [-0.2, -0.15) is 0 Å². The number of hydrogen-bond donors (Lipinski definition) is 0. The van der Waals surface area contributed by atoms with Crippen LogP contribution in [0.2, 0.25) is 0 Å². The first-order valence-corrected chi connectivity index (χ1v) is 9.53. The highest BCUT2D eigenvalue weighted by Gasteiger charge is 2.58. The van der Waals surface area contributed by atoms with E-state index < -0.39 is 24.0 Å². The van der Waals surface area contributed by atoms with Gasteiger partial charge in [-0.1, -0.05) is 30.3 Å². The van der Waals surface area contributed by atoms with Gasteiger partial charge in [-0.05, 0) is 26.0 Å². The molecular weight excluding hydrogens is 372 g/mol. The summed E-state index contributed by atoms with van der Waals surface area (Å²) in [5.74, 6) is 0.268. The van der Waals surface area contributed by atoms with Gasteiger partial charge in [-0.3, -0.25) is 9.59 Å². The van der Waals surface area contributed by atoms with Crippen molar-refractivity contribution in [3.8, 4) is 17.1 Å². The average molecular weight is 392 g/mol. The molecule has 0 N–H and O–H groups in total. The van der Waals surface area contributed by atoms with Gasteiger partial charge in [-0.25, -0.2) is 0 Å². The minimum Gasteiger partial charge on any atom is -0.464 e. The molecule has 3 atom stereocenters. The molecule has 0 spiro atoms. The van der Waals surface area contributed by atoms with Crippen LogP contribution in [0, 0.1) is 0 Å². The molecule has 0 aliphatic carbocycles. The number of carbonyl (C=O) groups is 1. The van der Waals surface area contributed by atoms with Gasteiger partial charge in [0.2, 0.25) is 6.29 Å². The SMILES string of the molecule is CC(=O)O[C@@H]1[C@H]2c3c(ccc4c(=O)cc(-c5ccccc5)oc34)O[C@H]2OC1(C)C. The first-order valence-electron chi connectivity index (χ1n) is 9.53. The second-order valence-corrected chi connectivity index (χ2v) is 7.96. The van der Waals surface area contributed by atoms with Crippen LogP contribution in [0.3, 0.4) is 0 Å². The summed E-state index contributed by atoms with van der Waals surface area (Å²) in [6.45, 7) is 5.09. The number of esters is 1. The van der Waals surface area contributed by atoms with Crippen LogP contribution >= 0.6 is 0 Å². The quantitative estimate of drug-likeness (QED) is 0.614. The van der Waals surface area contributed by atoms with Crippen molar-refractivity contribution in [3.63, 3.8) is 0 Å². The number of benzene rings is 2. The molecule has 0 bridgehead atoms. The third-order valence-corrected chi connectivity index (χ3v) is 5.55. The maximum atomic E-state index is 12.8. The van der Waals surface area contributed by atoms with E-state index in [-0.39, 0.29) is 11.3 Å². The fourth-order valence-corrected chi connectivity index (χ4v) is 4.30. The van der Waals surface area contributed by atoms with Gasteiger partial charge in [0.15, 0.2) is 5.43 Å². The Bertz CT molecular complexity index is 1180. The molecule has 2 aliphatic heterocycles. The molecule has 1 fully saturated rings. The third-order valence-electron chi connectivity index (χ3n) is 5.55. The van der Waals surface area contributed by atoms with Crippen molar-refractivity contribution in [1.29, 1.82) is 0 Å². The van der Waals surface area contributed by atoms with E-state index >= 15 is 0 Å². The van der Waals surface area contributed by atoms with Crippen LogP contribution < -0.4 is 10.2 Å². The van der Waals surface area contributed by atoms with Crippen molar-refractivity contribution in [3.05, 3.63) is 64.3 Å². The predicted octanol–water partition coefficient (Wildman–Crippen LogP) is 4.00. The van der Waals surface area contributed by atoms with Gasteiger partial charge in [0, 0.05) is 18.6 Å². The smallest absolute Gasteiger partial charge is 0.303 e. The maximum absolute atomic E-state index is 12.8. The molecule has 0 radical (unpaired) electrons. The molecule has 1 saturated heterocycles. The fourth-order valence-electron chi connectivity index (χ4n) is 4.30. The average Bonchev–Trinajstić information content (AvgIpc) is 3.14. The molecule has 0 saturated carbocycles. The fraction of sp³-hybridized carbons (Fsp3) is 0.304. The summed E-state index contributed by atoms with van der Waals surface area (Å²) >= 11 is 0. The number of fused-ring (bicyclic) bond motifs is 5. The summed E-state index contributed by atoms with van der Waals surface area (Å²) in [5.41, 5.74) is 1.08. The number of rotatable bonds is 2. The van der Waals surface area contributed by atoms with Gasteiger partial charge in [0.25, 0.3) is 0 Å². The van der Waals surface area contributed by atoms with Crippen molar-refractivity contribution < 1.29 is 23.4 Å². The van der Waals surface area contributed by atoms with E-state index in [9.17, 15) is 9.59 Å². The van der Waals surface area contributed by atoms with E-state index in [0.29, 0.717) is 28.0 Å². The summed E-state index contributed by atoms with van der Waals surface area (Å²) in [6, 6.07) is 14.4. The Morgan fingerprint density at radius 1 is 1.10 bits per heavy atom. The largest absolute Gasteiger partial charge is 0.464 e. The normalized spacial score (nSPS) is 24.0. The van der Waals surface area contributed by atoms with E-state index in [2.05, 4.69) is 0 Å². The zero-order chi connectivity index (χ0) is 20.3. The summed E-state index contributed by atoms with van der Waals surface area (Å²) in [4.78, 5) is 24.6. The highest BCUT2D eigenvalue weighted by molar-refractivity contribution is 5.85. The maximum Gasteiger partial charge on any atom is 0.303 e. The monoisotopic (exact) mass is 392 g/mol. The second kappa shape index (κ2) is 6.19. The lowest BCUT2D eigenvalue weighted by Crippen LogP contribution is -2.38. The molecule has 3 aromatic rings. The zero-order valence-electron chi connectivity index (χ0n) is 16.3. The molecular formula is C23H20O6. The number of hydrogen-bond acceptors (Lipinski definition) is 6. The van der Waals surface area contributed by atoms with Gasteiger partial charge < -0.3 is 18.6 Å². The molecule has 2 aliphatic rings. The Morgan fingerprint density at radius 2 is 1.86 bits per heavy atom. The molecule has 1 aromatic heterocycles. The number of carbonyl (C=O) groups excluding carboxylic acids is 1. The van der Waals surface area contributed by atoms with Gasteiger partial charge >= 0.3 is 5.97 Å². The molecule has 0 amide bonds. The van der Waals surface area contributed by atoms with E-state index in [1.807, 2.05) is 44.2 Å². The van der Waals surface area contributed by atoms with Crippen molar-refractivity contribution in [1.82, 2.24) is 0 Å². The molecule has 0 unspecified atom stereocenters. The van der Waals surface area contributed by atoms with Crippen molar-refractivity contribution in [2.45, 2.75) is 44.7 Å². The van der Waals surface area contributed by atoms with Crippen LogP contribution in [-0.2, 0) is 14.3 Å². The first-order chi connectivity index (χ1) is 13.8. The highest BCUT2D eigenvalue weighted by Crippen LogP contribution is 2.53. The standard InChI is InChI=1S/C23H20O6/c1-12(24)26-21-19-18-16(28-22(19)29-23(21,2)3)10-9-14-15(25)11-17(27-20(14)18)13-7-5-4-6-8-13/h4-11,19,21-22H,1-3H3/t19-,21-,22+/m1/s1. The molecule has 6 heteroatoms. The van der Waals surface area contributed by atoms with Crippen LogP contribution in [0.5, 0.6) is 5.75 Å². The predicted molar refractivity (Wildman–Crippen MR) is 106 cm³/mol. The Morgan fingerprint density at radius 3 is 2.59 bits per heavy atom. The first kappa shape index (κ1) is 17.9. The highest BCUT2D eigenvalue weighted by atomic mass is 16.7. The van der Waals surface area contributed by atoms with Crippen molar-refractivity contribution in [2.75, 3.05) is 0 Å². The van der Waals surface area contributed by atoms with E-state index in [1.54, 1.807) is 12.1 Å². The van der Waals surface area contributed by atoms with Crippen molar-refractivity contribution >= 4 is 16.9 Å². The van der Waals surface area contributed by atoms with E-state index in [0.717, 1.165) is 5.56 Å². The Balaban J connectivity index is 1.74. The van der Waals surface area contributed by atoms with Gasteiger partial charge in [0.1, 0.15) is 28.8 Å².